The van der Waals surface area contributed by atoms with Gasteiger partial charge in [-0.1, -0.05) is 13.5 Å². The van der Waals surface area contributed by atoms with Gasteiger partial charge >= 0.3 is 0 Å². The Morgan fingerprint density at radius 2 is 2.31 bits per heavy atom. The Hall–Kier alpha value is -1.33. The van der Waals surface area contributed by atoms with E-state index in [2.05, 4.69) is 24.1 Å². The molecule has 0 atom stereocenters. The Morgan fingerprint density at radius 1 is 1.56 bits per heavy atom. The highest BCUT2D eigenvalue weighted by molar-refractivity contribution is 5.96. The van der Waals surface area contributed by atoms with Crippen LogP contribution in [0.25, 0.3) is 0 Å². The molecule has 0 bridgehead atoms. The van der Waals surface area contributed by atoms with Gasteiger partial charge in [-0.05, 0) is 13.0 Å². The molecule has 88 valence electrons. The summed E-state index contributed by atoms with van der Waals surface area (Å²) in [6.07, 6.45) is 0.780. The summed E-state index contributed by atoms with van der Waals surface area (Å²) in [6.45, 7) is 8.42. The van der Waals surface area contributed by atoms with Crippen molar-refractivity contribution in [3.63, 3.8) is 0 Å². The molecule has 0 aliphatic carbocycles. The lowest BCUT2D eigenvalue weighted by molar-refractivity contribution is -0.119. The molecule has 0 saturated heterocycles. The Balaban J connectivity index is 2.38. The minimum atomic E-state index is 0.00209. The van der Waals surface area contributed by atoms with Gasteiger partial charge in [-0.3, -0.25) is 9.80 Å². The molecule has 2 N–H and O–H groups in total. The molecule has 2 heterocycles. The summed E-state index contributed by atoms with van der Waals surface area (Å²) in [5.41, 5.74) is 1.91. The van der Waals surface area contributed by atoms with Gasteiger partial charge in [-0.25, -0.2) is 5.01 Å². The van der Waals surface area contributed by atoms with E-state index in [1.165, 1.54) is 0 Å². The van der Waals surface area contributed by atoms with Crippen molar-refractivity contribution in [3.8, 4) is 0 Å². The van der Waals surface area contributed by atoms with E-state index in [4.69, 9.17) is 0 Å². The molecule has 0 unspecified atom stereocenters. The highest BCUT2D eigenvalue weighted by Gasteiger charge is 2.31. The standard InChI is InChI=1S/C11H18N4O/c1-4-14(3)15-8(2)13-11(16)9-5-6-12-7-10(9)15/h12H,2,4-7H2,1,3H3,(H,13,16). The van der Waals surface area contributed by atoms with Crippen LogP contribution in [0.4, 0.5) is 0 Å². The quantitative estimate of drug-likeness (QED) is 0.690. The third kappa shape index (κ3) is 1.72. The first kappa shape index (κ1) is 11.2. The number of hydrogen-bond donors (Lipinski definition) is 2. The normalized spacial score (nSPS) is 21.3. The molecule has 5 heteroatoms. The van der Waals surface area contributed by atoms with Crippen LogP contribution in [0.2, 0.25) is 0 Å². The minimum absolute atomic E-state index is 0.00209. The number of rotatable bonds is 2. The number of nitrogens with zero attached hydrogens (tertiary/aromatic N) is 2. The van der Waals surface area contributed by atoms with E-state index in [-0.39, 0.29) is 5.91 Å². The molecule has 0 fully saturated rings. The molecular formula is C11H18N4O. The third-order valence-electron chi connectivity index (χ3n) is 3.03. The summed E-state index contributed by atoms with van der Waals surface area (Å²) < 4.78 is 0. The molecule has 16 heavy (non-hydrogen) atoms. The summed E-state index contributed by atoms with van der Waals surface area (Å²) in [6, 6.07) is 0. The zero-order valence-corrected chi connectivity index (χ0v) is 9.84. The number of hydrazine groups is 1. The zero-order valence-electron chi connectivity index (χ0n) is 9.84. The number of hydrogen-bond acceptors (Lipinski definition) is 4. The predicted octanol–water partition coefficient (Wildman–Crippen LogP) is 0.00350. The monoisotopic (exact) mass is 222 g/mol. The van der Waals surface area contributed by atoms with E-state index in [0.717, 1.165) is 37.3 Å². The van der Waals surface area contributed by atoms with Gasteiger partial charge in [0.25, 0.3) is 5.91 Å². The Morgan fingerprint density at radius 3 is 3.00 bits per heavy atom. The molecule has 2 aliphatic rings. The molecule has 0 aromatic carbocycles. The highest BCUT2D eigenvalue weighted by atomic mass is 16.2. The lowest BCUT2D eigenvalue weighted by Gasteiger charge is -2.41. The average Bonchev–Trinajstić information content (AvgIpc) is 2.28. The zero-order chi connectivity index (χ0) is 11.7. The Kier molecular flexibility index (Phi) is 2.98. The summed E-state index contributed by atoms with van der Waals surface area (Å²) in [4.78, 5) is 11.8. The number of amides is 1. The molecule has 5 nitrogen and oxygen atoms in total. The van der Waals surface area contributed by atoms with Gasteiger partial charge in [-0.15, -0.1) is 0 Å². The predicted molar refractivity (Wildman–Crippen MR) is 61.9 cm³/mol. The van der Waals surface area contributed by atoms with E-state index in [1.807, 2.05) is 17.1 Å². The van der Waals surface area contributed by atoms with Gasteiger partial charge in [0, 0.05) is 25.7 Å². The number of nitrogens with one attached hydrogen (secondary N) is 2. The van der Waals surface area contributed by atoms with Crippen LogP contribution in [-0.2, 0) is 4.79 Å². The topological polar surface area (TPSA) is 47.6 Å². The largest absolute Gasteiger partial charge is 0.311 e. The van der Waals surface area contributed by atoms with Crippen LogP contribution in [0.3, 0.4) is 0 Å². The second-order valence-corrected chi connectivity index (χ2v) is 4.04. The Labute approximate surface area is 95.7 Å². The summed E-state index contributed by atoms with van der Waals surface area (Å²) in [5.74, 6) is 0.638. The fourth-order valence-corrected chi connectivity index (χ4v) is 2.09. The van der Waals surface area contributed by atoms with E-state index in [1.54, 1.807) is 0 Å². The van der Waals surface area contributed by atoms with Crippen molar-refractivity contribution >= 4 is 5.91 Å². The fourth-order valence-electron chi connectivity index (χ4n) is 2.09. The van der Waals surface area contributed by atoms with Crippen molar-refractivity contribution in [2.45, 2.75) is 13.3 Å². The molecule has 0 aromatic heterocycles. The first-order chi connectivity index (χ1) is 7.65. The second-order valence-electron chi connectivity index (χ2n) is 4.04. The van der Waals surface area contributed by atoms with E-state index < -0.39 is 0 Å². The van der Waals surface area contributed by atoms with Crippen LogP contribution >= 0.6 is 0 Å². The van der Waals surface area contributed by atoms with E-state index >= 15 is 0 Å². The lowest BCUT2D eigenvalue weighted by atomic mass is 10.0. The van der Waals surface area contributed by atoms with Crippen LogP contribution < -0.4 is 10.6 Å². The van der Waals surface area contributed by atoms with Crippen molar-refractivity contribution in [2.24, 2.45) is 0 Å². The van der Waals surface area contributed by atoms with Gasteiger partial charge < -0.3 is 10.6 Å². The van der Waals surface area contributed by atoms with Crippen molar-refractivity contribution in [2.75, 3.05) is 26.7 Å². The molecule has 0 radical (unpaired) electrons. The second kappa shape index (κ2) is 4.27. The highest BCUT2D eigenvalue weighted by Crippen LogP contribution is 2.25. The average molecular weight is 222 g/mol. The first-order valence-electron chi connectivity index (χ1n) is 5.59. The maximum Gasteiger partial charge on any atom is 0.254 e. The van der Waals surface area contributed by atoms with Crippen LogP contribution in [-0.4, -0.2) is 42.6 Å². The lowest BCUT2D eigenvalue weighted by Crippen LogP contribution is -2.52. The number of carbonyl (C=O) groups is 1. The number of carbonyl (C=O) groups excluding carboxylic acids is 1. The van der Waals surface area contributed by atoms with Crippen molar-refractivity contribution in [1.29, 1.82) is 0 Å². The van der Waals surface area contributed by atoms with Crippen molar-refractivity contribution in [1.82, 2.24) is 20.7 Å². The van der Waals surface area contributed by atoms with Crippen LogP contribution in [0, 0.1) is 0 Å². The van der Waals surface area contributed by atoms with E-state index in [0.29, 0.717) is 5.82 Å². The van der Waals surface area contributed by atoms with Crippen LogP contribution in [0.5, 0.6) is 0 Å². The molecule has 2 rings (SSSR count). The first-order valence-corrected chi connectivity index (χ1v) is 5.59. The van der Waals surface area contributed by atoms with Gasteiger partial charge in [0.1, 0.15) is 5.82 Å². The van der Waals surface area contributed by atoms with Gasteiger partial charge in [0.2, 0.25) is 0 Å². The Bertz CT molecular complexity index is 361. The van der Waals surface area contributed by atoms with Crippen molar-refractivity contribution < 1.29 is 4.79 Å². The summed E-state index contributed by atoms with van der Waals surface area (Å²) >= 11 is 0. The SMILES string of the molecule is C=C1NC(=O)C2=C(CNCC2)N1N(C)CC. The fraction of sp³-hybridized carbons (Fsp3) is 0.545. The minimum Gasteiger partial charge on any atom is -0.311 e. The van der Waals surface area contributed by atoms with Gasteiger partial charge in [0.15, 0.2) is 0 Å². The maximum absolute atomic E-state index is 11.8. The van der Waals surface area contributed by atoms with Crippen molar-refractivity contribution in [3.05, 3.63) is 23.7 Å². The molecule has 2 aliphatic heterocycles. The van der Waals surface area contributed by atoms with Crippen LogP contribution in [0.1, 0.15) is 13.3 Å². The van der Waals surface area contributed by atoms with Crippen LogP contribution in [0.15, 0.2) is 23.7 Å². The smallest absolute Gasteiger partial charge is 0.254 e. The molecular weight excluding hydrogens is 204 g/mol. The molecule has 0 aromatic rings. The molecule has 0 saturated carbocycles. The maximum atomic E-state index is 11.8. The molecule has 1 amide bonds. The summed E-state index contributed by atoms with van der Waals surface area (Å²) in [7, 11) is 1.99. The summed E-state index contributed by atoms with van der Waals surface area (Å²) in [5, 5.41) is 10.1. The van der Waals surface area contributed by atoms with Gasteiger partial charge in [-0.2, -0.15) is 0 Å². The van der Waals surface area contributed by atoms with Gasteiger partial charge in [0.05, 0.1) is 5.70 Å². The molecule has 0 spiro atoms. The van der Waals surface area contributed by atoms with E-state index in [9.17, 15) is 4.79 Å². The third-order valence-corrected chi connectivity index (χ3v) is 3.03.